The van der Waals surface area contributed by atoms with Crippen LogP contribution in [0.2, 0.25) is 0 Å². The Labute approximate surface area is 118 Å². The Morgan fingerprint density at radius 3 is 2.11 bits per heavy atom. The summed E-state index contributed by atoms with van der Waals surface area (Å²) in [7, 11) is -0.395. The van der Waals surface area contributed by atoms with Crippen LogP contribution in [-0.4, -0.2) is 18.3 Å². The van der Waals surface area contributed by atoms with Gasteiger partial charge in [0.1, 0.15) is 0 Å². The third-order valence-electron chi connectivity index (χ3n) is 3.76. The Balaban J connectivity index is 2.26. The van der Waals surface area contributed by atoms with E-state index in [2.05, 4.69) is 22.5 Å². The molecular weight excluding hydrogens is 291 g/mol. The molecule has 0 saturated carbocycles. The van der Waals surface area contributed by atoms with E-state index in [4.69, 9.17) is 9.31 Å². The molecular formula is C14H18BBrO2. The highest BCUT2D eigenvalue weighted by molar-refractivity contribution is 9.10. The fraction of sp³-hybridized carbons (Fsp3) is 0.429. The Morgan fingerprint density at radius 1 is 1.11 bits per heavy atom. The Bertz CT molecular complexity index is 466. The molecule has 0 bridgehead atoms. The molecule has 1 fully saturated rings. The van der Waals surface area contributed by atoms with Crippen molar-refractivity contribution in [2.75, 3.05) is 0 Å². The predicted octanol–water partition coefficient (Wildman–Crippen LogP) is 4.09. The summed E-state index contributed by atoms with van der Waals surface area (Å²) in [4.78, 5) is 0. The van der Waals surface area contributed by atoms with Gasteiger partial charge in [0, 0.05) is 4.47 Å². The number of halogens is 1. The molecule has 2 nitrogen and oxygen atoms in total. The lowest BCUT2D eigenvalue weighted by molar-refractivity contribution is 0.00578. The van der Waals surface area contributed by atoms with Crippen LogP contribution >= 0.6 is 15.9 Å². The molecule has 0 N–H and O–H groups in total. The molecule has 1 heterocycles. The Hall–Kier alpha value is -0.575. The average Bonchev–Trinajstić information content (AvgIpc) is 2.48. The summed E-state index contributed by atoms with van der Waals surface area (Å²) in [6, 6.07) is 7.96. The first-order chi connectivity index (χ1) is 8.24. The third-order valence-corrected chi connectivity index (χ3v) is 4.45. The summed E-state index contributed by atoms with van der Waals surface area (Å²) in [6.45, 7) is 12.3. The first-order valence-corrected chi connectivity index (χ1v) is 6.83. The molecule has 1 aliphatic rings. The van der Waals surface area contributed by atoms with E-state index in [0.29, 0.717) is 0 Å². The standard InChI is InChI=1S/C14H18BBrO2/c1-10(11-8-6-7-9-12(11)16)15-17-13(2,3)14(4,5)18-15/h6-9H,1H2,2-5H3. The van der Waals surface area contributed by atoms with Crippen molar-refractivity contribution < 1.29 is 9.31 Å². The minimum absolute atomic E-state index is 0.331. The molecule has 1 aliphatic heterocycles. The SMILES string of the molecule is C=C(B1OC(C)(C)C(C)(C)O1)c1ccccc1Br. The lowest BCUT2D eigenvalue weighted by Gasteiger charge is -2.32. The summed E-state index contributed by atoms with van der Waals surface area (Å²) >= 11 is 3.53. The first kappa shape index (κ1) is 13.8. The van der Waals surface area contributed by atoms with Crippen LogP contribution in [0.15, 0.2) is 35.3 Å². The molecule has 2 rings (SSSR count). The second kappa shape index (κ2) is 4.51. The van der Waals surface area contributed by atoms with Crippen LogP contribution in [-0.2, 0) is 9.31 Å². The first-order valence-electron chi connectivity index (χ1n) is 6.04. The van der Waals surface area contributed by atoms with Crippen molar-refractivity contribution in [2.45, 2.75) is 38.9 Å². The molecule has 0 radical (unpaired) electrons. The number of hydrogen-bond donors (Lipinski definition) is 0. The fourth-order valence-electron chi connectivity index (χ4n) is 1.83. The van der Waals surface area contributed by atoms with E-state index < -0.39 is 7.12 Å². The monoisotopic (exact) mass is 308 g/mol. The summed E-state index contributed by atoms with van der Waals surface area (Å²) < 4.78 is 13.0. The summed E-state index contributed by atoms with van der Waals surface area (Å²) in [5, 5.41) is 0. The lowest BCUT2D eigenvalue weighted by Crippen LogP contribution is -2.41. The van der Waals surface area contributed by atoms with Gasteiger partial charge < -0.3 is 9.31 Å². The molecule has 18 heavy (non-hydrogen) atoms. The van der Waals surface area contributed by atoms with E-state index in [0.717, 1.165) is 15.5 Å². The second-order valence-electron chi connectivity index (χ2n) is 5.59. The highest BCUT2D eigenvalue weighted by Gasteiger charge is 2.52. The predicted molar refractivity (Wildman–Crippen MR) is 79.3 cm³/mol. The second-order valence-corrected chi connectivity index (χ2v) is 6.45. The highest BCUT2D eigenvalue weighted by Crippen LogP contribution is 2.40. The topological polar surface area (TPSA) is 18.5 Å². The van der Waals surface area contributed by atoms with E-state index >= 15 is 0 Å². The molecule has 1 aromatic rings. The van der Waals surface area contributed by atoms with Gasteiger partial charge in [0.2, 0.25) is 0 Å². The minimum Gasteiger partial charge on any atom is -0.399 e. The van der Waals surface area contributed by atoms with Gasteiger partial charge in [-0.15, -0.1) is 0 Å². The highest BCUT2D eigenvalue weighted by atomic mass is 79.9. The molecule has 1 aromatic carbocycles. The summed E-state index contributed by atoms with van der Waals surface area (Å²) in [6.07, 6.45) is 0. The largest absolute Gasteiger partial charge is 0.494 e. The third kappa shape index (κ3) is 2.29. The molecule has 0 aromatic heterocycles. The molecule has 0 atom stereocenters. The Kier molecular flexibility index (Phi) is 3.47. The van der Waals surface area contributed by atoms with Gasteiger partial charge >= 0.3 is 7.12 Å². The molecule has 0 spiro atoms. The van der Waals surface area contributed by atoms with E-state index in [1.54, 1.807) is 0 Å². The van der Waals surface area contributed by atoms with Gasteiger partial charge in [0.15, 0.2) is 0 Å². The zero-order valence-electron chi connectivity index (χ0n) is 11.3. The van der Waals surface area contributed by atoms with Crippen molar-refractivity contribution >= 4 is 28.5 Å². The van der Waals surface area contributed by atoms with Crippen molar-refractivity contribution in [3.8, 4) is 0 Å². The molecule has 1 saturated heterocycles. The smallest absolute Gasteiger partial charge is 0.399 e. The maximum absolute atomic E-state index is 5.99. The van der Waals surface area contributed by atoms with Gasteiger partial charge in [-0.1, -0.05) is 40.7 Å². The van der Waals surface area contributed by atoms with Crippen molar-refractivity contribution in [1.29, 1.82) is 0 Å². The minimum atomic E-state index is -0.395. The van der Waals surface area contributed by atoms with Gasteiger partial charge in [0.25, 0.3) is 0 Å². The molecule has 96 valence electrons. The van der Waals surface area contributed by atoms with E-state index in [1.165, 1.54) is 0 Å². The summed E-state index contributed by atoms with van der Waals surface area (Å²) in [5.41, 5.74) is 1.21. The zero-order valence-corrected chi connectivity index (χ0v) is 12.9. The van der Waals surface area contributed by atoms with Gasteiger partial charge in [-0.2, -0.15) is 0 Å². The van der Waals surface area contributed by atoms with Crippen LogP contribution in [0.1, 0.15) is 33.3 Å². The number of rotatable bonds is 2. The average molecular weight is 309 g/mol. The van der Waals surface area contributed by atoms with Crippen molar-refractivity contribution in [3.05, 3.63) is 40.9 Å². The van der Waals surface area contributed by atoms with E-state index in [1.807, 2.05) is 52.0 Å². The van der Waals surface area contributed by atoms with E-state index in [-0.39, 0.29) is 11.2 Å². The maximum atomic E-state index is 5.99. The van der Waals surface area contributed by atoms with Crippen molar-refractivity contribution in [3.63, 3.8) is 0 Å². The lowest BCUT2D eigenvalue weighted by atomic mass is 9.75. The van der Waals surface area contributed by atoms with Crippen molar-refractivity contribution in [2.24, 2.45) is 0 Å². The Morgan fingerprint density at radius 2 is 1.61 bits per heavy atom. The zero-order chi connectivity index (χ0) is 13.6. The van der Waals surface area contributed by atoms with Crippen LogP contribution in [0.25, 0.3) is 5.47 Å². The molecule has 0 amide bonds. The van der Waals surface area contributed by atoms with Crippen LogP contribution in [0, 0.1) is 0 Å². The van der Waals surface area contributed by atoms with Crippen LogP contribution in [0.5, 0.6) is 0 Å². The van der Waals surface area contributed by atoms with Gasteiger partial charge in [-0.25, -0.2) is 0 Å². The van der Waals surface area contributed by atoms with Gasteiger partial charge in [-0.3, -0.25) is 0 Å². The number of hydrogen-bond acceptors (Lipinski definition) is 2. The maximum Gasteiger partial charge on any atom is 0.494 e. The van der Waals surface area contributed by atoms with E-state index in [9.17, 15) is 0 Å². The van der Waals surface area contributed by atoms with Crippen molar-refractivity contribution in [1.82, 2.24) is 0 Å². The number of benzene rings is 1. The molecule has 0 aliphatic carbocycles. The van der Waals surface area contributed by atoms with Crippen LogP contribution in [0.3, 0.4) is 0 Å². The van der Waals surface area contributed by atoms with Gasteiger partial charge in [-0.05, 0) is 44.8 Å². The van der Waals surface area contributed by atoms with Crippen LogP contribution in [0.4, 0.5) is 0 Å². The summed E-state index contributed by atoms with van der Waals surface area (Å²) in [5.74, 6) is 0. The normalized spacial score (nSPS) is 21.1. The molecule has 4 heteroatoms. The quantitative estimate of drug-likeness (QED) is 0.766. The fourth-order valence-corrected chi connectivity index (χ4v) is 2.37. The molecule has 0 unspecified atom stereocenters. The van der Waals surface area contributed by atoms with Gasteiger partial charge in [0.05, 0.1) is 11.2 Å². The van der Waals surface area contributed by atoms with Crippen LogP contribution < -0.4 is 0 Å².